The van der Waals surface area contributed by atoms with Crippen LogP contribution in [0.25, 0.3) is 5.69 Å². The largest absolute Gasteiger partial charge is 0.497 e. The second kappa shape index (κ2) is 11.6. The van der Waals surface area contributed by atoms with Gasteiger partial charge in [-0.2, -0.15) is 0 Å². The molecule has 0 saturated carbocycles. The third-order valence-electron chi connectivity index (χ3n) is 4.80. The Morgan fingerprint density at radius 1 is 1.03 bits per heavy atom. The third-order valence-corrected chi connectivity index (χ3v) is 6.91. The Balaban J connectivity index is 1.54. The molecule has 2 aromatic heterocycles. The highest BCUT2D eigenvalue weighted by molar-refractivity contribution is 7.99. The molecule has 2 aromatic carbocycles. The van der Waals surface area contributed by atoms with Gasteiger partial charge in [-0.1, -0.05) is 47.3 Å². The lowest BCUT2D eigenvalue weighted by Crippen LogP contribution is -2.15. The van der Waals surface area contributed by atoms with Crippen LogP contribution in [0.2, 0.25) is 5.02 Å². The van der Waals surface area contributed by atoms with Crippen molar-refractivity contribution in [3.8, 4) is 11.4 Å². The van der Waals surface area contributed by atoms with Crippen molar-refractivity contribution in [1.29, 1.82) is 0 Å². The maximum absolute atomic E-state index is 12.6. The van der Waals surface area contributed by atoms with E-state index in [0.717, 1.165) is 28.6 Å². The fourth-order valence-electron chi connectivity index (χ4n) is 3.24. The van der Waals surface area contributed by atoms with Crippen LogP contribution < -0.4 is 10.1 Å². The molecule has 8 nitrogen and oxygen atoms in total. The van der Waals surface area contributed by atoms with E-state index in [4.69, 9.17) is 16.3 Å². The summed E-state index contributed by atoms with van der Waals surface area (Å²) in [5, 5.41) is 13.4. The van der Waals surface area contributed by atoms with Crippen LogP contribution in [-0.2, 0) is 10.5 Å². The highest BCUT2D eigenvalue weighted by Crippen LogP contribution is 2.28. The molecule has 0 atom stereocenters. The summed E-state index contributed by atoms with van der Waals surface area (Å²) in [6.07, 6.45) is 0. The zero-order valence-corrected chi connectivity index (χ0v) is 21.7. The highest BCUT2D eigenvalue weighted by atomic mass is 35.5. The first-order chi connectivity index (χ1) is 16.9. The number of nitrogens with one attached hydrogen (secondary N) is 1. The number of carbonyl (C=O) groups excluding carboxylic acids is 1. The number of aryl methyl sites for hydroxylation is 2. The first-order valence-corrected chi connectivity index (χ1v) is 13.0. The van der Waals surface area contributed by atoms with E-state index in [-0.39, 0.29) is 11.7 Å². The number of thioether (sulfide) groups is 2. The summed E-state index contributed by atoms with van der Waals surface area (Å²) in [5.41, 5.74) is 3.26. The van der Waals surface area contributed by atoms with E-state index < -0.39 is 0 Å². The third kappa shape index (κ3) is 6.53. The molecule has 2 heterocycles. The Bertz CT molecular complexity index is 1310. The van der Waals surface area contributed by atoms with Gasteiger partial charge in [0.15, 0.2) is 10.3 Å². The quantitative estimate of drug-likeness (QED) is 0.230. The summed E-state index contributed by atoms with van der Waals surface area (Å²) in [5.74, 6) is 1.93. The summed E-state index contributed by atoms with van der Waals surface area (Å²) in [6, 6.07) is 16.7. The van der Waals surface area contributed by atoms with Gasteiger partial charge in [-0.25, -0.2) is 9.97 Å². The van der Waals surface area contributed by atoms with Crippen molar-refractivity contribution < 1.29 is 9.53 Å². The van der Waals surface area contributed by atoms with Crippen LogP contribution in [0.15, 0.2) is 64.9 Å². The van der Waals surface area contributed by atoms with Crippen molar-refractivity contribution in [2.24, 2.45) is 0 Å². The minimum absolute atomic E-state index is 0.146. The zero-order chi connectivity index (χ0) is 24.8. The fourth-order valence-corrected chi connectivity index (χ4v) is 5.06. The second-order valence-electron chi connectivity index (χ2n) is 7.47. The van der Waals surface area contributed by atoms with Gasteiger partial charge >= 0.3 is 0 Å². The summed E-state index contributed by atoms with van der Waals surface area (Å²) in [7, 11) is 1.62. The molecule has 0 aliphatic carbocycles. The van der Waals surface area contributed by atoms with Crippen LogP contribution in [0.5, 0.6) is 5.75 Å². The van der Waals surface area contributed by atoms with Crippen LogP contribution in [-0.4, -0.2) is 43.5 Å². The van der Waals surface area contributed by atoms with Crippen LogP contribution in [0, 0.1) is 13.8 Å². The molecule has 1 amide bonds. The average Bonchev–Trinajstić information content (AvgIpc) is 3.25. The van der Waals surface area contributed by atoms with Crippen molar-refractivity contribution in [3.05, 3.63) is 76.8 Å². The van der Waals surface area contributed by atoms with E-state index in [2.05, 4.69) is 25.5 Å². The molecular weight excluding hydrogens is 504 g/mol. The number of methoxy groups -OCH3 is 1. The molecule has 0 fully saturated rings. The number of ether oxygens (including phenoxy) is 1. The molecule has 0 radical (unpaired) electrons. The first-order valence-electron chi connectivity index (χ1n) is 10.6. The number of halogens is 1. The van der Waals surface area contributed by atoms with E-state index in [1.165, 1.54) is 23.5 Å². The molecule has 0 aliphatic rings. The van der Waals surface area contributed by atoms with Crippen LogP contribution in [0.1, 0.15) is 17.2 Å². The summed E-state index contributed by atoms with van der Waals surface area (Å²) in [6.45, 7) is 3.89. The van der Waals surface area contributed by atoms with Gasteiger partial charge in [-0.05, 0) is 56.3 Å². The molecule has 0 aliphatic heterocycles. The molecule has 0 unspecified atom stereocenters. The number of anilines is 1. The Labute approximate surface area is 216 Å². The number of nitrogens with zero attached hydrogens (tertiary/aromatic N) is 5. The Kier molecular flexibility index (Phi) is 8.27. The Morgan fingerprint density at radius 3 is 2.43 bits per heavy atom. The lowest BCUT2D eigenvalue weighted by molar-refractivity contribution is -0.113. The maximum atomic E-state index is 12.6. The summed E-state index contributed by atoms with van der Waals surface area (Å²) < 4.78 is 7.22. The van der Waals surface area contributed by atoms with Crippen molar-refractivity contribution in [2.45, 2.75) is 29.9 Å². The van der Waals surface area contributed by atoms with Crippen LogP contribution >= 0.6 is 35.1 Å². The van der Waals surface area contributed by atoms with Gasteiger partial charge in [0.05, 0.1) is 29.3 Å². The molecule has 1 N–H and O–H groups in total. The molecule has 11 heteroatoms. The van der Waals surface area contributed by atoms with Crippen LogP contribution in [0.3, 0.4) is 0 Å². The van der Waals surface area contributed by atoms with Gasteiger partial charge in [0, 0.05) is 17.1 Å². The SMILES string of the molecule is COc1ccc(-n2c(CSc3nc(C)cc(C)n3)nnc2SCC(=O)Nc2ccccc2Cl)cc1. The topological polar surface area (TPSA) is 94.8 Å². The maximum Gasteiger partial charge on any atom is 0.234 e. The smallest absolute Gasteiger partial charge is 0.234 e. The highest BCUT2D eigenvalue weighted by Gasteiger charge is 2.17. The van der Waals surface area contributed by atoms with Crippen molar-refractivity contribution in [3.63, 3.8) is 0 Å². The minimum atomic E-state index is -0.188. The Morgan fingerprint density at radius 2 is 1.74 bits per heavy atom. The molecule has 0 bridgehead atoms. The van der Waals surface area contributed by atoms with Gasteiger partial charge in [-0.15, -0.1) is 10.2 Å². The van der Waals surface area contributed by atoms with Gasteiger partial charge in [0.25, 0.3) is 0 Å². The molecule has 4 rings (SSSR count). The van der Waals surface area contributed by atoms with Gasteiger partial charge in [0.2, 0.25) is 5.91 Å². The number of para-hydroxylation sites is 1. The predicted molar refractivity (Wildman–Crippen MR) is 140 cm³/mol. The minimum Gasteiger partial charge on any atom is -0.497 e. The van der Waals surface area contributed by atoms with E-state index in [0.29, 0.717) is 26.8 Å². The first kappa shape index (κ1) is 25.0. The lowest BCUT2D eigenvalue weighted by atomic mass is 10.3. The summed E-state index contributed by atoms with van der Waals surface area (Å²) >= 11 is 8.93. The monoisotopic (exact) mass is 526 g/mol. The fraction of sp³-hybridized carbons (Fsp3) is 0.208. The number of carbonyl (C=O) groups is 1. The normalized spacial score (nSPS) is 10.9. The molecule has 0 spiro atoms. The predicted octanol–water partition coefficient (Wildman–Crippen LogP) is 5.36. The number of rotatable bonds is 9. The summed E-state index contributed by atoms with van der Waals surface area (Å²) in [4.78, 5) is 21.6. The van der Waals surface area contributed by atoms with Gasteiger partial charge in [0.1, 0.15) is 11.6 Å². The average molecular weight is 527 g/mol. The molecule has 35 heavy (non-hydrogen) atoms. The number of hydrogen-bond donors (Lipinski definition) is 1. The Hall–Kier alpha value is -3.08. The molecule has 0 saturated heterocycles. The second-order valence-corrected chi connectivity index (χ2v) is 9.76. The molecule has 4 aromatic rings. The van der Waals surface area contributed by atoms with Crippen LogP contribution in [0.4, 0.5) is 5.69 Å². The van der Waals surface area contributed by atoms with E-state index in [1.54, 1.807) is 19.2 Å². The van der Waals surface area contributed by atoms with E-state index in [9.17, 15) is 4.79 Å². The number of aromatic nitrogens is 5. The van der Waals surface area contributed by atoms with Crippen molar-refractivity contribution >= 4 is 46.7 Å². The van der Waals surface area contributed by atoms with E-state index in [1.807, 2.05) is 60.9 Å². The van der Waals surface area contributed by atoms with Crippen molar-refractivity contribution in [1.82, 2.24) is 24.7 Å². The molecule has 180 valence electrons. The lowest BCUT2D eigenvalue weighted by Gasteiger charge is -2.11. The van der Waals surface area contributed by atoms with Crippen molar-refractivity contribution in [2.75, 3.05) is 18.2 Å². The number of benzene rings is 2. The number of hydrogen-bond acceptors (Lipinski definition) is 8. The standard InChI is InChI=1S/C24H23ClN6O2S2/c1-15-12-16(2)27-23(26-15)34-13-21-29-30-24(31(21)17-8-10-18(33-3)11-9-17)35-14-22(32)28-20-7-5-4-6-19(20)25/h4-12H,13-14H2,1-3H3,(H,28,32). The van der Waals surface area contributed by atoms with Gasteiger partial charge in [-0.3, -0.25) is 9.36 Å². The molecular formula is C24H23ClN6O2S2. The number of amides is 1. The van der Waals surface area contributed by atoms with E-state index >= 15 is 0 Å². The zero-order valence-electron chi connectivity index (χ0n) is 19.4. The van der Waals surface area contributed by atoms with Gasteiger partial charge < -0.3 is 10.1 Å².